The van der Waals surface area contributed by atoms with Crippen molar-refractivity contribution in [2.45, 2.75) is 139 Å². The van der Waals surface area contributed by atoms with Gasteiger partial charge in [-0.15, -0.1) is 23.1 Å². The Bertz CT molecular complexity index is 1990. The number of carbonyl (C=O) groups is 2. The summed E-state index contributed by atoms with van der Waals surface area (Å²) >= 11 is 9.89. The standard InChI is InChI=1S/C44H55N3O4S4/c1-3-5-7-9-11-12-14-16-27-53-33-23-21-32(22-24-33)47-36-19-17-18-34(36)35-28-31(20-25-37(35)47)29-38-41(50)46(30-39(48)49)43(54-38)40-42(51)45(44(52)55-40)26-15-13-10-8-6-4-2/h1,20-25,28-29,34,36H,3-19,26-27,30H2,2H3,(H,48,49)/b38-29-,43-40+. The van der Waals surface area contributed by atoms with Gasteiger partial charge in [-0.25, -0.2) is 0 Å². The van der Waals surface area contributed by atoms with Gasteiger partial charge in [-0.2, -0.15) is 0 Å². The van der Waals surface area contributed by atoms with Gasteiger partial charge in [0.25, 0.3) is 11.5 Å². The zero-order valence-corrected chi connectivity index (χ0v) is 35.4. The minimum atomic E-state index is -1.13. The third-order valence-electron chi connectivity index (χ3n) is 11.0. The third kappa shape index (κ3) is 10.4. The minimum absolute atomic E-state index is 0.243. The van der Waals surface area contributed by atoms with Crippen LogP contribution in [0.1, 0.15) is 133 Å². The van der Waals surface area contributed by atoms with Crippen LogP contribution in [0.4, 0.5) is 11.4 Å². The van der Waals surface area contributed by atoms with E-state index in [0.717, 1.165) is 56.3 Å². The second-order valence-electron chi connectivity index (χ2n) is 15.0. The second-order valence-corrected chi connectivity index (χ2v) is 18.9. The summed E-state index contributed by atoms with van der Waals surface area (Å²) in [4.78, 5) is 45.1. The van der Waals surface area contributed by atoms with Crippen molar-refractivity contribution < 1.29 is 14.7 Å². The molecule has 1 saturated heterocycles. The number of thioether (sulfide) groups is 2. The third-order valence-corrected chi connectivity index (χ3v) is 14.8. The molecular formula is C44H55N3O4S4. The van der Waals surface area contributed by atoms with Crippen LogP contribution in [0.3, 0.4) is 0 Å². The van der Waals surface area contributed by atoms with Crippen molar-refractivity contribution in [3.05, 3.63) is 80.1 Å². The second kappa shape index (κ2) is 20.5. The molecule has 2 radical (unpaired) electrons. The van der Waals surface area contributed by atoms with Crippen LogP contribution in [0.5, 0.6) is 0 Å². The van der Waals surface area contributed by atoms with Gasteiger partial charge < -0.3 is 10.0 Å². The summed E-state index contributed by atoms with van der Waals surface area (Å²) in [6.07, 6.45) is 21.5. The molecule has 3 aromatic rings. The number of rotatable bonds is 21. The molecule has 2 aromatic carbocycles. The lowest BCUT2D eigenvalue weighted by Crippen LogP contribution is -2.35. The lowest BCUT2D eigenvalue weighted by molar-refractivity contribution is -0.137. The van der Waals surface area contributed by atoms with Crippen molar-refractivity contribution in [2.75, 3.05) is 17.2 Å². The van der Waals surface area contributed by atoms with E-state index in [0.29, 0.717) is 36.9 Å². The maximum absolute atomic E-state index is 13.8. The number of thiazole rings is 1. The van der Waals surface area contributed by atoms with E-state index in [1.165, 1.54) is 114 Å². The molecule has 2 unspecified atom stereocenters. The summed E-state index contributed by atoms with van der Waals surface area (Å²) in [5, 5.41) is 9.74. The summed E-state index contributed by atoms with van der Waals surface area (Å²) in [6.45, 7) is 7.80. The molecule has 0 bridgehead atoms. The molecular weight excluding hydrogens is 763 g/mol. The van der Waals surface area contributed by atoms with Crippen LogP contribution in [0, 0.1) is 6.92 Å². The van der Waals surface area contributed by atoms with Crippen LogP contribution in [0.15, 0.2) is 52.2 Å². The van der Waals surface area contributed by atoms with Gasteiger partial charge in [0.15, 0.2) is 0 Å². The predicted octanol–water partition coefficient (Wildman–Crippen LogP) is 9.86. The van der Waals surface area contributed by atoms with E-state index in [9.17, 15) is 19.5 Å². The van der Waals surface area contributed by atoms with Crippen molar-refractivity contribution in [1.29, 1.82) is 0 Å². The number of thiocarbonyl (C=S) groups is 1. The van der Waals surface area contributed by atoms with Crippen LogP contribution in [-0.4, -0.2) is 49.1 Å². The zero-order chi connectivity index (χ0) is 38.7. The van der Waals surface area contributed by atoms with Crippen LogP contribution in [0.2, 0.25) is 0 Å². The number of amides is 1. The number of benzene rings is 2. The molecule has 3 aliphatic rings. The number of aromatic nitrogens is 1. The normalized spacial score (nSPS) is 19.2. The monoisotopic (exact) mass is 817 g/mol. The van der Waals surface area contributed by atoms with Crippen LogP contribution in [0.25, 0.3) is 11.0 Å². The number of hydrogen-bond acceptors (Lipinski definition) is 8. The largest absolute Gasteiger partial charge is 0.480 e. The Morgan fingerprint density at radius 3 is 2.38 bits per heavy atom. The fourth-order valence-electron chi connectivity index (χ4n) is 8.21. The van der Waals surface area contributed by atoms with E-state index in [2.05, 4.69) is 54.3 Å². The molecule has 2 fully saturated rings. The number of anilines is 2. The number of nitrogens with zero attached hydrogens (tertiary/aromatic N) is 3. The average molecular weight is 818 g/mol. The number of carboxylic acid groups (broad SMARTS) is 1. The quantitative estimate of drug-likeness (QED) is 0.0647. The lowest BCUT2D eigenvalue weighted by atomic mass is 9.96. The molecule has 1 aliphatic carbocycles. The van der Waals surface area contributed by atoms with Crippen molar-refractivity contribution in [3.8, 4) is 0 Å². The first-order chi connectivity index (χ1) is 26.8. The van der Waals surface area contributed by atoms with Crippen molar-refractivity contribution in [1.82, 2.24) is 9.47 Å². The maximum Gasteiger partial charge on any atom is 0.323 e. The van der Waals surface area contributed by atoms with Gasteiger partial charge in [0, 0.05) is 34.8 Å². The molecule has 1 saturated carbocycles. The number of carbonyl (C=O) groups excluding carboxylic acids is 1. The molecule has 7 nitrogen and oxygen atoms in total. The number of hydrogen-bond donors (Lipinski definition) is 1. The lowest BCUT2D eigenvalue weighted by Gasteiger charge is -2.27. The summed E-state index contributed by atoms with van der Waals surface area (Å²) in [6, 6.07) is 15.9. The van der Waals surface area contributed by atoms with Gasteiger partial charge in [0.05, 0.1) is 4.53 Å². The number of aliphatic carboxylic acids is 1. The van der Waals surface area contributed by atoms with E-state index in [-0.39, 0.29) is 5.91 Å². The molecule has 6 rings (SSSR count). The summed E-state index contributed by atoms with van der Waals surface area (Å²) in [7, 11) is 0. The Morgan fingerprint density at radius 1 is 0.945 bits per heavy atom. The van der Waals surface area contributed by atoms with E-state index in [1.807, 2.05) is 17.8 Å². The first-order valence-electron chi connectivity index (χ1n) is 20.4. The van der Waals surface area contributed by atoms with Gasteiger partial charge in [-0.05, 0) is 98.4 Å². The van der Waals surface area contributed by atoms with Crippen molar-refractivity contribution in [3.63, 3.8) is 0 Å². The van der Waals surface area contributed by atoms with Crippen LogP contribution in [-0.2, 0) is 16.1 Å². The first kappa shape index (κ1) is 41.8. The highest BCUT2D eigenvalue weighted by atomic mass is 32.2. The Morgan fingerprint density at radius 2 is 1.65 bits per heavy atom. The molecule has 55 heavy (non-hydrogen) atoms. The van der Waals surface area contributed by atoms with Crippen LogP contribution < -0.4 is 19.7 Å². The van der Waals surface area contributed by atoms with E-state index >= 15 is 0 Å². The summed E-state index contributed by atoms with van der Waals surface area (Å²) in [5.41, 5.74) is 4.23. The first-order valence-corrected chi connectivity index (χ1v) is 23.4. The Hall–Kier alpha value is -2.86. The van der Waals surface area contributed by atoms with Gasteiger partial charge >= 0.3 is 5.97 Å². The number of carboxylic acids is 1. The molecule has 294 valence electrons. The highest BCUT2D eigenvalue weighted by Crippen LogP contribution is 2.52. The van der Waals surface area contributed by atoms with Crippen molar-refractivity contribution in [2.24, 2.45) is 0 Å². The fourth-order valence-corrected chi connectivity index (χ4v) is 11.7. The molecule has 11 heteroatoms. The molecule has 3 heterocycles. The highest BCUT2D eigenvalue weighted by molar-refractivity contribution is 8.30. The summed E-state index contributed by atoms with van der Waals surface area (Å²) in [5.74, 6) is 0.183. The van der Waals surface area contributed by atoms with E-state index in [4.69, 9.17) is 19.1 Å². The van der Waals surface area contributed by atoms with E-state index < -0.39 is 18.1 Å². The topological polar surface area (TPSA) is 82.8 Å². The summed E-state index contributed by atoms with van der Waals surface area (Å²) < 4.78 is 2.46. The Labute approximate surface area is 344 Å². The molecule has 1 N–H and O–H groups in total. The van der Waals surface area contributed by atoms with Crippen molar-refractivity contribution >= 4 is 85.6 Å². The highest BCUT2D eigenvalue weighted by Gasteiger charge is 2.42. The van der Waals surface area contributed by atoms with Gasteiger partial charge in [0.2, 0.25) is 0 Å². The smallest absolute Gasteiger partial charge is 0.323 e. The SMILES string of the molecule is [CH]CCCCCCCCCSc1ccc(N2c3ccc(/C=c4\s/c(=C5/SC(=S)N(CCCCCCCC)C5=O)n(CC(=O)O)c4=O)cc3C3CCCC32)cc1. The van der Waals surface area contributed by atoms with Gasteiger partial charge in [-0.1, -0.05) is 114 Å². The Kier molecular flexibility index (Phi) is 15.6. The molecule has 0 spiro atoms. The zero-order valence-electron chi connectivity index (χ0n) is 32.1. The Balaban J connectivity index is 1.18. The van der Waals surface area contributed by atoms with Gasteiger partial charge in [-0.3, -0.25) is 23.9 Å². The van der Waals surface area contributed by atoms with Gasteiger partial charge in [0.1, 0.15) is 20.4 Å². The maximum atomic E-state index is 13.8. The minimum Gasteiger partial charge on any atom is -0.480 e. The number of fused-ring (bicyclic) bond motifs is 3. The molecule has 1 amide bonds. The number of unbranched alkanes of at least 4 members (excludes halogenated alkanes) is 12. The fraction of sp³-hybridized carbons (Fsp3) is 0.523. The molecule has 1 aromatic heterocycles. The predicted molar refractivity (Wildman–Crippen MR) is 235 cm³/mol. The molecule has 2 aliphatic heterocycles. The average Bonchev–Trinajstić information content (AvgIpc) is 3.92. The van der Waals surface area contributed by atoms with E-state index in [1.54, 1.807) is 4.90 Å². The van der Waals surface area contributed by atoms with Crippen LogP contribution >= 0.6 is 47.1 Å². The molecule has 2 atom stereocenters.